The molecule has 0 saturated heterocycles. The maximum Gasteiger partial charge on any atom is 0.244 e. The van der Waals surface area contributed by atoms with Crippen LogP contribution in [0.3, 0.4) is 0 Å². The van der Waals surface area contributed by atoms with Gasteiger partial charge in [-0.25, -0.2) is 0 Å². The van der Waals surface area contributed by atoms with E-state index in [9.17, 15) is 4.79 Å². The third kappa shape index (κ3) is 4.80. The van der Waals surface area contributed by atoms with Crippen molar-refractivity contribution in [3.05, 3.63) is 41.5 Å². The Bertz CT molecular complexity index is 397. The standard InChI is InChI=1S/C13H17NO3/c1-10-3-2-4-11(7-10)5-6-13(17)14-12(8-15)9-16/h2-7,12,15-16H,8-9H2,1H3,(H,14,17). The van der Waals surface area contributed by atoms with E-state index in [4.69, 9.17) is 10.2 Å². The van der Waals surface area contributed by atoms with Gasteiger partial charge in [0.1, 0.15) is 0 Å². The second-order valence-electron chi connectivity index (χ2n) is 3.82. The predicted molar refractivity (Wildman–Crippen MR) is 66.3 cm³/mol. The Morgan fingerprint density at radius 1 is 1.41 bits per heavy atom. The van der Waals surface area contributed by atoms with Crippen molar-refractivity contribution >= 4 is 12.0 Å². The predicted octanol–water partition coefficient (Wildman–Crippen LogP) is 0.478. The molecule has 4 heteroatoms. The first kappa shape index (κ1) is 13.4. The van der Waals surface area contributed by atoms with Crippen LogP contribution < -0.4 is 5.32 Å². The number of amides is 1. The minimum atomic E-state index is -0.607. The van der Waals surface area contributed by atoms with Crippen molar-refractivity contribution in [3.8, 4) is 0 Å². The van der Waals surface area contributed by atoms with Crippen molar-refractivity contribution in [1.29, 1.82) is 0 Å². The number of carbonyl (C=O) groups excluding carboxylic acids is 1. The molecule has 0 bridgehead atoms. The summed E-state index contributed by atoms with van der Waals surface area (Å²) in [4.78, 5) is 11.4. The fraction of sp³-hybridized carbons (Fsp3) is 0.308. The first-order chi connectivity index (χ1) is 8.15. The van der Waals surface area contributed by atoms with Gasteiger partial charge in [-0.3, -0.25) is 4.79 Å². The van der Waals surface area contributed by atoms with Crippen molar-refractivity contribution in [2.45, 2.75) is 13.0 Å². The zero-order chi connectivity index (χ0) is 12.7. The normalized spacial score (nSPS) is 11.1. The third-order valence-corrected chi connectivity index (χ3v) is 2.26. The van der Waals surface area contributed by atoms with Gasteiger partial charge in [-0.2, -0.15) is 0 Å². The summed E-state index contributed by atoms with van der Waals surface area (Å²) in [5.41, 5.74) is 2.06. The van der Waals surface area contributed by atoms with E-state index in [1.54, 1.807) is 6.08 Å². The molecule has 0 heterocycles. The molecule has 1 aromatic rings. The molecule has 0 aliphatic rings. The van der Waals surface area contributed by atoms with Crippen LogP contribution >= 0.6 is 0 Å². The Labute approximate surface area is 101 Å². The molecule has 0 fully saturated rings. The Balaban J connectivity index is 2.56. The molecular weight excluding hydrogens is 218 g/mol. The summed E-state index contributed by atoms with van der Waals surface area (Å²) in [5.74, 6) is -0.334. The summed E-state index contributed by atoms with van der Waals surface area (Å²) in [6.07, 6.45) is 3.07. The Hall–Kier alpha value is -1.65. The smallest absolute Gasteiger partial charge is 0.244 e. The second kappa shape index (κ2) is 6.83. The molecule has 1 rings (SSSR count). The van der Waals surface area contributed by atoms with Crippen LogP contribution in [0.15, 0.2) is 30.3 Å². The van der Waals surface area contributed by atoms with E-state index in [1.165, 1.54) is 6.08 Å². The van der Waals surface area contributed by atoms with Gasteiger partial charge in [-0.15, -0.1) is 0 Å². The van der Waals surface area contributed by atoms with Crippen molar-refractivity contribution in [2.24, 2.45) is 0 Å². The summed E-state index contributed by atoms with van der Waals surface area (Å²) in [7, 11) is 0. The Kier molecular flexibility index (Phi) is 5.39. The van der Waals surface area contributed by atoms with Gasteiger partial charge in [0.2, 0.25) is 5.91 Å². The molecule has 0 aromatic heterocycles. The maximum absolute atomic E-state index is 11.4. The Morgan fingerprint density at radius 3 is 2.71 bits per heavy atom. The van der Waals surface area contributed by atoms with Gasteiger partial charge >= 0.3 is 0 Å². The largest absolute Gasteiger partial charge is 0.394 e. The number of carbonyl (C=O) groups is 1. The van der Waals surface area contributed by atoms with E-state index >= 15 is 0 Å². The van der Waals surface area contributed by atoms with Crippen molar-refractivity contribution in [1.82, 2.24) is 5.32 Å². The van der Waals surface area contributed by atoms with Crippen LogP contribution in [0.5, 0.6) is 0 Å². The van der Waals surface area contributed by atoms with E-state index in [0.29, 0.717) is 0 Å². The van der Waals surface area contributed by atoms with Gasteiger partial charge in [0.25, 0.3) is 0 Å². The molecule has 0 saturated carbocycles. The van der Waals surface area contributed by atoms with Gasteiger partial charge in [0.05, 0.1) is 19.3 Å². The van der Waals surface area contributed by atoms with E-state index in [2.05, 4.69) is 5.32 Å². The van der Waals surface area contributed by atoms with E-state index in [0.717, 1.165) is 11.1 Å². The summed E-state index contributed by atoms with van der Waals surface area (Å²) in [6, 6.07) is 7.14. The molecule has 0 unspecified atom stereocenters. The van der Waals surface area contributed by atoms with Crippen molar-refractivity contribution in [3.63, 3.8) is 0 Å². The highest BCUT2D eigenvalue weighted by Crippen LogP contribution is 2.05. The summed E-state index contributed by atoms with van der Waals surface area (Å²) in [5, 5.41) is 20.1. The zero-order valence-electron chi connectivity index (χ0n) is 9.76. The van der Waals surface area contributed by atoms with Crippen LogP contribution in [0.2, 0.25) is 0 Å². The molecular formula is C13H17NO3. The monoisotopic (exact) mass is 235 g/mol. The second-order valence-corrected chi connectivity index (χ2v) is 3.82. The molecule has 0 spiro atoms. The first-order valence-electron chi connectivity index (χ1n) is 5.42. The number of benzene rings is 1. The molecule has 92 valence electrons. The lowest BCUT2D eigenvalue weighted by molar-refractivity contribution is -0.117. The number of aryl methyl sites for hydroxylation is 1. The number of hydrogen-bond donors (Lipinski definition) is 3. The van der Waals surface area contributed by atoms with E-state index in [-0.39, 0.29) is 19.1 Å². The van der Waals surface area contributed by atoms with E-state index in [1.807, 2.05) is 31.2 Å². The minimum absolute atomic E-state index is 0.277. The quantitative estimate of drug-likeness (QED) is 0.650. The number of rotatable bonds is 5. The van der Waals surface area contributed by atoms with Gasteiger partial charge in [0, 0.05) is 6.08 Å². The summed E-state index contributed by atoms with van der Waals surface area (Å²) >= 11 is 0. The third-order valence-electron chi connectivity index (χ3n) is 2.26. The van der Waals surface area contributed by atoms with Crippen LogP contribution in [-0.2, 0) is 4.79 Å². The van der Waals surface area contributed by atoms with Crippen LogP contribution in [0.4, 0.5) is 0 Å². The molecule has 1 aromatic carbocycles. The highest BCUT2D eigenvalue weighted by atomic mass is 16.3. The average molecular weight is 235 g/mol. The molecule has 0 aliphatic carbocycles. The molecule has 4 nitrogen and oxygen atoms in total. The SMILES string of the molecule is Cc1cccc(C=CC(=O)NC(CO)CO)c1. The van der Waals surface area contributed by atoms with Gasteiger partial charge in [0.15, 0.2) is 0 Å². The summed E-state index contributed by atoms with van der Waals surface area (Å²) in [6.45, 7) is 1.42. The highest BCUT2D eigenvalue weighted by Gasteiger charge is 2.06. The molecule has 0 aliphatic heterocycles. The van der Waals surface area contributed by atoms with Crippen LogP contribution in [0.25, 0.3) is 6.08 Å². The number of hydrogen-bond acceptors (Lipinski definition) is 3. The van der Waals surface area contributed by atoms with Crippen molar-refractivity contribution in [2.75, 3.05) is 13.2 Å². The molecule has 0 radical (unpaired) electrons. The fourth-order valence-electron chi connectivity index (χ4n) is 1.34. The van der Waals surface area contributed by atoms with Gasteiger partial charge in [-0.05, 0) is 18.6 Å². The van der Waals surface area contributed by atoms with Crippen LogP contribution in [0, 0.1) is 6.92 Å². The topological polar surface area (TPSA) is 69.6 Å². The maximum atomic E-state index is 11.4. The lowest BCUT2D eigenvalue weighted by Crippen LogP contribution is -2.39. The molecule has 0 atom stereocenters. The number of aliphatic hydroxyl groups excluding tert-OH is 2. The Morgan fingerprint density at radius 2 is 2.12 bits per heavy atom. The first-order valence-corrected chi connectivity index (χ1v) is 5.42. The van der Waals surface area contributed by atoms with Crippen LogP contribution in [0.1, 0.15) is 11.1 Å². The average Bonchev–Trinajstić information content (AvgIpc) is 2.33. The molecule has 3 N–H and O–H groups in total. The minimum Gasteiger partial charge on any atom is -0.394 e. The molecule has 17 heavy (non-hydrogen) atoms. The van der Waals surface area contributed by atoms with E-state index < -0.39 is 6.04 Å². The van der Waals surface area contributed by atoms with Gasteiger partial charge < -0.3 is 15.5 Å². The lowest BCUT2D eigenvalue weighted by atomic mass is 10.1. The zero-order valence-corrected chi connectivity index (χ0v) is 9.76. The number of aliphatic hydroxyl groups is 2. The lowest BCUT2D eigenvalue weighted by Gasteiger charge is -2.10. The molecule has 1 amide bonds. The van der Waals surface area contributed by atoms with Crippen LogP contribution in [-0.4, -0.2) is 35.4 Å². The summed E-state index contributed by atoms with van der Waals surface area (Å²) < 4.78 is 0. The number of nitrogens with one attached hydrogen (secondary N) is 1. The highest BCUT2D eigenvalue weighted by molar-refractivity contribution is 5.91. The van der Waals surface area contributed by atoms with Gasteiger partial charge in [-0.1, -0.05) is 29.8 Å². The fourth-order valence-corrected chi connectivity index (χ4v) is 1.34. The van der Waals surface area contributed by atoms with Crippen molar-refractivity contribution < 1.29 is 15.0 Å².